The summed E-state index contributed by atoms with van der Waals surface area (Å²) in [5, 5.41) is 10.2. The van der Waals surface area contributed by atoms with Gasteiger partial charge in [0.25, 0.3) is 0 Å². The molecular formula is C9H9F4N3O. The number of hydrogen-bond donors (Lipinski definition) is 2. The average molecular weight is 251 g/mol. The highest BCUT2D eigenvalue weighted by molar-refractivity contribution is 5.40. The van der Waals surface area contributed by atoms with Gasteiger partial charge in [0.05, 0.1) is 13.1 Å². The Balaban J connectivity index is 2.22. The van der Waals surface area contributed by atoms with Gasteiger partial charge < -0.3 is 5.11 Å². The molecule has 94 valence electrons. The third-order valence-corrected chi connectivity index (χ3v) is 2.50. The number of aromatic nitrogens is 1. The first-order valence-corrected chi connectivity index (χ1v) is 4.74. The fourth-order valence-electron chi connectivity index (χ4n) is 1.52. The van der Waals surface area contributed by atoms with Crippen molar-refractivity contribution in [3.05, 3.63) is 24.1 Å². The molecule has 17 heavy (non-hydrogen) atoms. The van der Waals surface area contributed by atoms with Crippen LogP contribution in [0.15, 0.2) is 18.3 Å². The summed E-state index contributed by atoms with van der Waals surface area (Å²) < 4.78 is 50.8. The zero-order valence-electron chi connectivity index (χ0n) is 8.50. The molecule has 0 amide bonds. The second-order valence-corrected chi connectivity index (χ2v) is 3.76. The van der Waals surface area contributed by atoms with Crippen molar-refractivity contribution in [1.29, 1.82) is 0 Å². The molecule has 1 aliphatic rings. The van der Waals surface area contributed by atoms with E-state index in [0.29, 0.717) is 0 Å². The van der Waals surface area contributed by atoms with Crippen LogP contribution in [-0.2, 0) is 0 Å². The van der Waals surface area contributed by atoms with Crippen LogP contribution in [-0.4, -0.2) is 35.0 Å². The van der Waals surface area contributed by atoms with Crippen LogP contribution < -0.4 is 10.4 Å². The molecule has 1 fully saturated rings. The SMILES string of the molecule is OC1(C(F)(F)F)CNN(c2ncccc2F)C1. The largest absolute Gasteiger partial charge is 0.420 e. The van der Waals surface area contributed by atoms with Gasteiger partial charge in [-0.15, -0.1) is 0 Å². The third kappa shape index (κ3) is 2.05. The van der Waals surface area contributed by atoms with E-state index in [1.165, 1.54) is 12.3 Å². The number of alkyl halides is 3. The summed E-state index contributed by atoms with van der Waals surface area (Å²) in [7, 11) is 0. The number of β-amino-alcohol motifs (C(OH)–C–C–N with tert-alkyl or cyclic N) is 1. The van der Waals surface area contributed by atoms with E-state index < -0.39 is 30.7 Å². The molecule has 1 atom stereocenters. The van der Waals surface area contributed by atoms with E-state index in [2.05, 4.69) is 10.4 Å². The van der Waals surface area contributed by atoms with Gasteiger partial charge in [-0.25, -0.2) is 14.8 Å². The van der Waals surface area contributed by atoms with Gasteiger partial charge in [0, 0.05) is 6.20 Å². The van der Waals surface area contributed by atoms with Gasteiger partial charge in [-0.3, -0.25) is 5.01 Å². The van der Waals surface area contributed by atoms with Gasteiger partial charge in [-0.2, -0.15) is 13.2 Å². The Bertz CT molecular complexity index is 425. The van der Waals surface area contributed by atoms with Crippen molar-refractivity contribution in [2.75, 3.05) is 18.1 Å². The quantitative estimate of drug-likeness (QED) is 0.726. The first-order valence-electron chi connectivity index (χ1n) is 4.74. The number of hydrogen-bond acceptors (Lipinski definition) is 4. The van der Waals surface area contributed by atoms with E-state index in [9.17, 15) is 22.7 Å². The van der Waals surface area contributed by atoms with Crippen molar-refractivity contribution < 1.29 is 22.7 Å². The second kappa shape index (κ2) is 3.81. The lowest BCUT2D eigenvalue weighted by Crippen LogP contribution is -2.49. The lowest BCUT2D eigenvalue weighted by Gasteiger charge is -2.24. The Morgan fingerprint density at radius 3 is 2.71 bits per heavy atom. The molecule has 8 heteroatoms. The molecule has 0 spiro atoms. The van der Waals surface area contributed by atoms with Crippen LogP contribution >= 0.6 is 0 Å². The molecule has 0 bridgehead atoms. The van der Waals surface area contributed by atoms with Gasteiger partial charge >= 0.3 is 6.18 Å². The van der Waals surface area contributed by atoms with Gasteiger partial charge in [0.2, 0.25) is 0 Å². The highest BCUT2D eigenvalue weighted by Gasteiger charge is 2.57. The number of nitrogens with zero attached hydrogens (tertiary/aromatic N) is 2. The Hall–Kier alpha value is -1.41. The highest BCUT2D eigenvalue weighted by Crippen LogP contribution is 2.34. The van der Waals surface area contributed by atoms with E-state index in [-0.39, 0.29) is 5.82 Å². The predicted octanol–water partition coefficient (Wildman–Crippen LogP) is 0.839. The molecule has 2 N–H and O–H groups in total. The van der Waals surface area contributed by atoms with E-state index in [4.69, 9.17) is 0 Å². The van der Waals surface area contributed by atoms with Gasteiger partial charge in [-0.1, -0.05) is 0 Å². The molecule has 1 aromatic rings. The second-order valence-electron chi connectivity index (χ2n) is 3.76. The summed E-state index contributed by atoms with van der Waals surface area (Å²) in [4.78, 5) is 3.62. The zero-order chi connectivity index (χ0) is 12.7. The third-order valence-electron chi connectivity index (χ3n) is 2.50. The van der Waals surface area contributed by atoms with Gasteiger partial charge in [-0.05, 0) is 12.1 Å². The maximum atomic E-state index is 13.3. The number of pyridine rings is 1. The Labute approximate surface area is 93.8 Å². The lowest BCUT2D eigenvalue weighted by molar-refractivity contribution is -0.246. The Morgan fingerprint density at radius 1 is 1.47 bits per heavy atom. The van der Waals surface area contributed by atoms with Crippen molar-refractivity contribution in [2.45, 2.75) is 11.8 Å². The lowest BCUT2D eigenvalue weighted by atomic mass is 10.1. The van der Waals surface area contributed by atoms with Crippen molar-refractivity contribution in [3.8, 4) is 0 Å². The summed E-state index contributed by atoms with van der Waals surface area (Å²) in [5.74, 6) is -1.03. The molecule has 4 nitrogen and oxygen atoms in total. The molecule has 2 heterocycles. The molecule has 0 aliphatic carbocycles. The van der Waals surface area contributed by atoms with Crippen LogP contribution in [0.5, 0.6) is 0 Å². The summed E-state index contributed by atoms with van der Waals surface area (Å²) in [5.41, 5.74) is -0.620. The van der Waals surface area contributed by atoms with Crippen molar-refractivity contribution in [3.63, 3.8) is 0 Å². The molecule has 0 saturated carbocycles. The van der Waals surface area contributed by atoms with E-state index >= 15 is 0 Å². The number of halogens is 4. The van der Waals surface area contributed by atoms with Gasteiger partial charge in [0.1, 0.15) is 0 Å². The van der Waals surface area contributed by atoms with Crippen molar-refractivity contribution in [2.24, 2.45) is 0 Å². The van der Waals surface area contributed by atoms with Crippen LogP contribution in [0.4, 0.5) is 23.4 Å². The number of hydrazine groups is 1. The summed E-state index contributed by atoms with van der Waals surface area (Å²) in [6.07, 6.45) is -3.52. The van der Waals surface area contributed by atoms with E-state index in [1.54, 1.807) is 0 Å². The fraction of sp³-hybridized carbons (Fsp3) is 0.444. The first-order chi connectivity index (χ1) is 7.83. The minimum Gasteiger partial charge on any atom is -0.378 e. The van der Waals surface area contributed by atoms with E-state index in [0.717, 1.165) is 11.1 Å². The van der Waals surface area contributed by atoms with E-state index in [1.807, 2.05) is 0 Å². The van der Waals surface area contributed by atoms with Crippen LogP contribution in [0.2, 0.25) is 0 Å². The Morgan fingerprint density at radius 2 is 2.18 bits per heavy atom. The normalized spacial score (nSPS) is 25.4. The molecule has 1 saturated heterocycles. The Kier molecular flexibility index (Phi) is 2.70. The predicted molar refractivity (Wildman–Crippen MR) is 50.5 cm³/mol. The maximum Gasteiger partial charge on any atom is 0.420 e. The number of nitrogens with one attached hydrogen (secondary N) is 1. The number of anilines is 1. The van der Waals surface area contributed by atoms with Crippen LogP contribution in [0.25, 0.3) is 0 Å². The van der Waals surface area contributed by atoms with Crippen LogP contribution in [0, 0.1) is 5.82 Å². The topological polar surface area (TPSA) is 48.4 Å². The fourth-order valence-corrected chi connectivity index (χ4v) is 1.52. The zero-order valence-corrected chi connectivity index (χ0v) is 8.50. The summed E-state index contributed by atoms with van der Waals surface area (Å²) in [6.45, 7) is -1.53. The van der Waals surface area contributed by atoms with Crippen molar-refractivity contribution in [1.82, 2.24) is 10.4 Å². The van der Waals surface area contributed by atoms with Crippen molar-refractivity contribution >= 4 is 5.82 Å². The monoisotopic (exact) mass is 251 g/mol. The smallest absolute Gasteiger partial charge is 0.378 e. The molecular weight excluding hydrogens is 242 g/mol. The van der Waals surface area contributed by atoms with Crippen LogP contribution in [0.3, 0.4) is 0 Å². The molecule has 0 aromatic carbocycles. The standard InChI is InChI=1S/C9H9F4N3O/c10-6-2-1-3-14-7(6)16-5-8(17,4-15-16)9(11,12)13/h1-3,15,17H,4-5H2. The minimum atomic E-state index is -4.78. The summed E-state index contributed by atoms with van der Waals surface area (Å²) in [6, 6.07) is 2.40. The van der Waals surface area contributed by atoms with Gasteiger partial charge in [0.15, 0.2) is 17.2 Å². The number of aliphatic hydroxyl groups is 1. The minimum absolute atomic E-state index is 0.271. The average Bonchev–Trinajstić information content (AvgIpc) is 2.62. The maximum absolute atomic E-state index is 13.3. The number of rotatable bonds is 1. The highest BCUT2D eigenvalue weighted by atomic mass is 19.4. The first kappa shape index (κ1) is 12.1. The molecule has 1 aliphatic heterocycles. The van der Waals surface area contributed by atoms with Crippen LogP contribution in [0.1, 0.15) is 0 Å². The summed E-state index contributed by atoms with van der Waals surface area (Å²) >= 11 is 0. The molecule has 1 unspecified atom stereocenters. The molecule has 2 rings (SSSR count). The molecule has 1 aromatic heterocycles. The molecule has 0 radical (unpaired) electrons.